The first-order chi connectivity index (χ1) is 13.6. The third-order valence-corrected chi connectivity index (χ3v) is 6.12. The minimum Gasteiger partial charge on any atom is -0.497 e. The van der Waals surface area contributed by atoms with Crippen LogP contribution in [0.25, 0.3) is 10.2 Å². The van der Waals surface area contributed by atoms with Gasteiger partial charge in [0.25, 0.3) is 0 Å². The Morgan fingerprint density at radius 1 is 1.04 bits per heavy atom. The predicted molar refractivity (Wildman–Crippen MR) is 114 cm³/mol. The number of ether oxygens (including phenoxy) is 3. The Labute approximate surface area is 172 Å². The summed E-state index contributed by atoms with van der Waals surface area (Å²) in [6, 6.07) is 11.6. The summed E-state index contributed by atoms with van der Waals surface area (Å²) in [4.78, 5) is 17.9. The van der Waals surface area contributed by atoms with Gasteiger partial charge in [0, 0.05) is 11.3 Å². The smallest absolute Gasteiger partial charge is 0.226 e. The summed E-state index contributed by atoms with van der Waals surface area (Å²) in [5.74, 6) is 3.02. The number of nitrogens with one attached hydrogen (secondary N) is 1. The van der Waals surface area contributed by atoms with Crippen LogP contribution < -0.4 is 19.5 Å². The van der Waals surface area contributed by atoms with E-state index in [1.807, 2.05) is 36.4 Å². The lowest BCUT2D eigenvalue weighted by Crippen LogP contribution is -2.11. The average molecular weight is 419 g/mol. The Hall–Kier alpha value is -2.45. The van der Waals surface area contributed by atoms with Crippen LogP contribution in [0.4, 0.5) is 5.13 Å². The molecule has 0 spiro atoms. The lowest BCUT2D eigenvalue weighted by molar-refractivity contribution is -0.116. The van der Waals surface area contributed by atoms with Gasteiger partial charge in [0.15, 0.2) is 5.13 Å². The molecule has 148 valence electrons. The van der Waals surface area contributed by atoms with Gasteiger partial charge in [-0.15, -0.1) is 11.8 Å². The fraction of sp³-hybridized carbons (Fsp3) is 0.300. The highest BCUT2D eigenvalue weighted by molar-refractivity contribution is 7.99. The second-order valence-electron chi connectivity index (χ2n) is 5.84. The van der Waals surface area contributed by atoms with Gasteiger partial charge in [0.05, 0.1) is 21.3 Å². The van der Waals surface area contributed by atoms with Crippen molar-refractivity contribution in [2.24, 2.45) is 0 Å². The Kier molecular flexibility index (Phi) is 7.00. The minimum atomic E-state index is -0.0488. The zero-order valence-electron chi connectivity index (χ0n) is 16.0. The van der Waals surface area contributed by atoms with Crippen LogP contribution in [-0.2, 0) is 4.79 Å². The number of amides is 1. The Balaban J connectivity index is 1.53. The van der Waals surface area contributed by atoms with Gasteiger partial charge >= 0.3 is 0 Å². The average Bonchev–Trinajstić information content (AvgIpc) is 3.14. The molecule has 8 heteroatoms. The van der Waals surface area contributed by atoms with Crippen molar-refractivity contribution in [3.05, 3.63) is 36.4 Å². The molecule has 3 aromatic rings. The Morgan fingerprint density at radius 3 is 2.43 bits per heavy atom. The van der Waals surface area contributed by atoms with Crippen LogP contribution in [0, 0.1) is 0 Å². The summed E-state index contributed by atoms with van der Waals surface area (Å²) in [7, 11) is 4.86. The third kappa shape index (κ3) is 4.88. The molecular formula is C20H22N2O4S2. The van der Waals surface area contributed by atoms with E-state index in [-0.39, 0.29) is 5.91 Å². The lowest BCUT2D eigenvalue weighted by atomic mass is 10.3. The maximum atomic E-state index is 12.3. The molecule has 0 aliphatic rings. The van der Waals surface area contributed by atoms with E-state index in [4.69, 9.17) is 14.2 Å². The standard InChI is InChI=1S/C20H22N2O4S2/c1-24-13-6-8-14(9-7-13)27-12-4-5-17(23)21-20-22-18-15(25-2)10-11-16(26-3)19(18)28-20/h6-11H,4-5,12H2,1-3H3,(H,21,22,23). The zero-order valence-corrected chi connectivity index (χ0v) is 17.6. The first kappa shape index (κ1) is 20.3. The van der Waals surface area contributed by atoms with Crippen LogP contribution in [0.5, 0.6) is 17.2 Å². The van der Waals surface area contributed by atoms with Gasteiger partial charge < -0.3 is 19.5 Å². The number of anilines is 1. The van der Waals surface area contributed by atoms with Crippen molar-refractivity contribution in [2.75, 3.05) is 32.4 Å². The van der Waals surface area contributed by atoms with Gasteiger partial charge in [0.2, 0.25) is 5.91 Å². The zero-order chi connectivity index (χ0) is 19.9. The molecule has 0 saturated carbocycles. The molecule has 0 atom stereocenters. The fourth-order valence-electron chi connectivity index (χ4n) is 2.62. The normalized spacial score (nSPS) is 10.7. The van der Waals surface area contributed by atoms with Crippen molar-refractivity contribution in [2.45, 2.75) is 17.7 Å². The second kappa shape index (κ2) is 9.66. The van der Waals surface area contributed by atoms with Crippen molar-refractivity contribution in [3.63, 3.8) is 0 Å². The molecular weight excluding hydrogens is 396 g/mol. The van der Waals surface area contributed by atoms with Crippen LogP contribution in [-0.4, -0.2) is 38.0 Å². The van der Waals surface area contributed by atoms with Crippen LogP contribution in [0.2, 0.25) is 0 Å². The number of methoxy groups -OCH3 is 3. The quantitative estimate of drug-likeness (QED) is 0.396. The highest BCUT2D eigenvalue weighted by Gasteiger charge is 2.15. The summed E-state index contributed by atoms with van der Waals surface area (Å²) >= 11 is 3.10. The summed E-state index contributed by atoms with van der Waals surface area (Å²) in [5.41, 5.74) is 0.692. The van der Waals surface area contributed by atoms with E-state index in [2.05, 4.69) is 10.3 Å². The molecule has 0 aliphatic carbocycles. The monoisotopic (exact) mass is 418 g/mol. The highest BCUT2D eigenvalue weighted by Crippen LogP contribution is 2.38. The molecule has 6 nitrogen and oxygen atoms in total. The molecule has 28 heavy (non-hydrogen) atoms. The molecule has 0 saturated heterocycles. The molecule has 0 fully saturated rings. The number of rotatable bonds is 9. The largest absolute Gasteiger partial charge is 0.497 e. The van der Waals surface area contributed by atoms with Crippen molar-refractivity contribution >= 4 is 44.4 Å². The summed E-state index contributed by atoms with van der Waals surface area (Å²) in [6.07, 6.45) is 1.22. The first-order valence-corrected chi connectivity index (χ1v) is 10.5. The van der Waals surface area contributed by atoms with E-state index in [0.717, 1.165) is 27.5 Å². The lowest BCUT2D eigenvalue weighted by Gasteiger charge is -2.04. The maximum Gasteiger partial charge on any atom is 0.226 e. The van der Waals surface area contributed by atoms with E-state index in [9.17, 15) is 4.79 Å². The molecule has 0 aliphatic heterocycles. The molecule has 0 radical (unpaired) electrons. The van der Waals surface area contributed by atoms with Crippen molar-refractivity contribution in [1.29, 1.82) is 0 Å². The SMILES string of the molecule is COc1ccc(SCCCC(=O)Nc2nc3c(OC)ccc(OC)c3s2)cc1. The number of thioether (sulfide) groups is 1. The van der Waals surface area contributed by atoms with Crippen molar-refractivity contribution in [1.82, 2.24) is 4.98 Å². The number of hydrogen-bond acceptors (Lipinski definition) is 7. The van der Waals surface area contributed by atoms with Crippen LogP contribution in [0.15, 0.2) is 41.3 Å². The van der Waals surface area contributed by atoms with Crippen LogP contribution in [0.3, 0.4) is 0 Å². The topological polar surface area (TPSA) is 69.7 Å². The van der Waals surface area contributed by atoms with Gasteiger partial charge in [-0.05, 0) is 48.6 Å². The van der Waals surface area contributed by atoms with Crippen molar-refractivity contribution < 1.29 is 19.0 Å². The third-order valence-electron chi connectivity index (χ3n) is 4.03. The van der Waals surface area contributed by atoms with E-state index in [1.165, 1.54) is 11.3 Å². The van der Waals surface area contributed by atoms with Gasteiger partial charge in [0.1, 0.15) is 27.5 Å². The number of nitrogens with zero attached hydrogens (tertiary/aromatic N) is 1. The number of carbonyl (C=O) groups is 1. The number of fused-ring (bicyclic) bond motifs is 1. The van der Waals surface area contributed by atoms with Gasteiger partial charge in [-0.3, -0.25) is 4.79 Å². The molecule has 1 aromatic heterocycles. The molecule has 1 N–H and O–H groups in total. The molecule has 0 unspecified atom stereocenters. The molecule has 1 amide bonds. The molecule has 3 rings (SSSR count). The molecule has 2 aromatic carbocycles. The number of aromatic nitrogens is 1. The highest BCUT2D eigenvalue weighted by atomic mass is 32.2. The van der Waals surface area contributed by atoms with Crippen molar-refractivity contribution in [3.8, 4) is 17.2 Å². The van der Waals surface area contributed by atoms with Crippen LogP contribution in [0.1, 0.15) is 12.8 Å². The number of hydrogen-bond donors (Lipinski definition) is 1. The Bertz CT molecular complexity index is 900. The van der Waals surface area contributed by atoms with E-state index in [0.29, 0.717) is 28.6 Å². The van der Waals surface area contributed by atoms with Gasteiger partial charge in [-0.1, -0.05) is 11.3 Å². The van der Waals surface area contributed by atoms with Gasteiger partial charge in [-0.2, -0.15) is 0 Å². The second-order valence-corrected chi connectivity index (χ2v) is 8.01. The molecule has 0 bridgehead atoms. The summed E-state index contributed by atoms with van der Waals surface area (Å²) in [5, 5.41) is 3.43. The Morgan fingerprint density at radius 2 is 1.75 bits per heavy atom. The van der Waals surface area contributed by atoms with E-state index >= 15 is 0 Å². The number of thiazole rings is 1. The maximum absolute atomic E-state index is 12.3. The van der Waals surface area contributed by atoms with E-state index < -0.39 is 0 Å². The fourth-order valence-corrected chi connectivity index (χ4v) is 4.46. The van der Waals surface area contributed by atoms with Gasteiger partial charge in [-0.25, -0.2) is 4.98 Å². The number of benzene rings is 2. The van der Waals surface area contributed by atoms with E-state index in [1.54, 1.807) is 33.1 Å². The van der Waals surface area contributed by atoms with Crippen LogP contribution >= 0.6 is 23.1 Å². The minimum absolute atomic E-state index is 0.0488. The first-order valence-electron chi connectivity index (χ1n) is 8.73. The molecule has 1 heterocycles. The summed E-state index contributed by atoms with van der Waals surface area (Å²) < 4.78 is 16.7. The number of carbonyl (C=O) groups excluding carboxylic acids is 1. The predicted octanol–water partition coefficient (Wildman–Crippen LogP) is 4.83. The summed E-state index contributed by atoms with van der Waals surface area (Å²) in [6.45, 7) is 0.